The van der Waals surface area contributed by atoms with Crippen molar-refractivity contribution in [3.63, 3.8) is 0 Å². The van der Waals surface area contributed by atoms with Gasteiger partial charge in [-0.2, -0.15) is 0 Å². The number of rotatable bonds is 2. The Labute approximate surface area is 108 Å². The lowest BCUT2D eigenvalue weighted by atomic mass is 10.1. The Kier molecular flexibility index (Phi) is 3.80. The lowest BCUT2D eigenvalue weighted by molar-refractivity contribution is 0.260. The molecule has 1 fully saturated rings. The molecule has 0 saturated carbocycles. The first-order chi connectivity index (χ1) is 7.66. The average Bonchev–Trinajstić information content (AvgIpc) is 2.25. The molecule has 88 valence electrons. The highest BCUT2D eigenvalue weighted by atomic mass is 127. The largest absolute Gasteiger partial charge is 0.365 e. The number of aromatic nitrogens is 2. The van der Waals surface area contributed by atoms with Gasteiger partial charge in [0.05, 0.1) is 6.33 Å². The van der Waals surface area contributed by atoms with E-state index in [1.165, 1.54) is 12.7 Å². The first-order valence-corrected chi connectivity index (χ1v) is 6.43. The van der Waals surface area contributed by atoms with Crippen molar-refractivity contribution in [3.05, 3.63) is 20.3 Å². The second-order valence-electron chi connectivity index (χ2n) is 4.14. The van der Waals surface area contributed by atoms with E-state index in [4.69, 9.17) is 0 Å². The maximum absolute atomic E-state index is 11.4. The number of likely N-dealkylation sites (tertiary alicyclic amines) is 1. The number of anilines is 1. The van der Waals surface area contributed by atoms with Gasteiger partial charge in [-0.25, -0.2) is 4.98 Å². The number of halogens is 1. The number of hydrogen-bond acceptors (Lipinski definition) is 4. The number of aromatic amines is 1. The Bertz CT molecular complexity index is 420. The molecular weight excluding hydrogens is 319 g/mol. The molecular formula is C10H15IN4O. The Hall–Kier alpha value is -0.630. The van der Waals surface area contributed by atoms with Crippen molar-refractivity contribution in [2.45, 2.75) is 18.9 Å². The molecule has 6 heteroatoms. The number of H-pyrrole nitrogens is 1. The van der Waals surface area contributed by atoms with Gasteiger partial charge in [-0.15, -0.1) is 0 Å². The monoisotopic (exact) mass is 334 g/mol. The van der Waals surface area contributed by atoms with Crippen molar-refractivity contribution in [2.24, 2.45) is 0 Å². The Morgan fingerprint density at radius 2 is 2.50 bits per heavy atom. The minimum atomic E-state index is -0.0812. The van der Waals surface area contributed by atoms with Crippen molar-refractivity contribution in [1.29, 1.82) is 0 Å². The summed E-state index contributed by atoms with van der Waals surface area (Å²) < 4.78 is 0.633. The van der Waals surface area contributed by atoms with Crippen LogP contribution in [0.15, 0.2) is 11.1 Å². The molecule has 1 unspecified atom stereocenters. The molecule has 0 spiro atoms. The first-order valence-electron chi connectivity index (χ1n) is 5.35. The summed E-state index contributed by atoms with van der Waals surface area (Å²) in [6.45, 7) is 2.16. The summed E-state index contributed by atoms with van der Waals surface area (Å²) in [4.78, 5) is 20.4. The van der Waals surface area contributed by atoms with Crippen LogP contribution in [0.2, 0.25) is 0 Å². The van der Waals surface area contributed by atoms with E-state index in [1.807, 2.05) is 22.6 Å². The molecule has 5 nitrogen and oxygen atoms in total. The van der Waals surface area contributed by atoms with Gasteiger partial charge in [-0.05, 0) is 49.0 Å². The van der Waals surface area contributed by atoms with Crippen LogP contribution in [0.1, 0.15) is 12.8 Å². The molecule has 0 bridgehead atoms. The molecule has 2 heterocycles. The third-order valence-corrected chi connectivity index (χ3v) is 3.76. The lowest BCUT2D eigenvalue weighted by Crippen LogP contribution is -2.40. The minimum absolute atomic E-state index is 0.0812. The van der Waals surface area contributed by atoms with E-state index in [0.717, 1.165) is 19.5 Å². The van der Waals surface area contributed by atoms with Gasteiger partial charge in [0.15, 0.2) is 0 Å². The van der Waals surface area contributed by atoms with Crippen LogP contribution in [0.3, 0.4) is 0 Å². The number of likely N-dealkylation sites (N-methyl/N-ethyl adjacent to an activating group) is 1. The molecule has 1 atom stereocenters. The van der Waals surface area contributed by atoms with Crippen molar-refractivity contribution in [2.75, 3.05) is 25.5 Å². The maximum atomic E-state index is 11.4. The lowest BCUT2D eigenvalue weighted by Gasteiger charge is -2.30. The van der Waals surface area contributed by atoms with Crippen molar-refractivity contribution >= 4 is 28.4 Å². The van der Waals surface area contributed by atoms with Crippen LogP contribution in [-0.4, -0.2) is 41.0 Å². The van der Waals surface area contributed by atoms with Gasteiger partial charge in [-0.3, -0.25) is 4.79 Å². The van der Waals surface area contributed by atoms with Gasteiger partial charge in [0, 0.05) is 12.6 Å². The highest BCUT2D eigenvalue weighted by molar-refractivity contribution is 14.1. The van der Waals surface area contributed by atoms with Crippen molar-refractivity contribution in [3.8, 4) is 0 Å². The van der Waals surface area contributed by atoms with E-state index in [2.05, 4.69) is 27.2 Å². The summed E-state index contributed by atoms with van der Waals surface area (Å²) >= 11 is 2.02. The fourth-order valence-electron chi connectivity index (χ4n) is 1.96. The molecule has 0 aliphatic carbocycles. The Balaban J connectivity index is 2.08. The molecule has 1 aromatic heterocycles. The van der Waals surface area contributed by atoms with Crippen LogP contribution in [0.5, 0.6) is 0 Å². The van der Waals surface area contributed by atoms with Gasteiger partial charge in [0.1, 0.15) is 9.39 Å². The third-order valence-electron chi connectivity index (χ3n) is 2.76. The Morgan fingerprint density at radius 1 is 1.69 bits per heavy atom. The van der Waals surface area contributed by atoms with Crippen molar-refractivity contribution < 1.29 is 0 Å². The standard InChI is InChI=1S/C10H15IN4O/c1-15-4-2-3-7(5-15)14-9-8(11)10(16)13-6-12-9/h6-7H,2-5H2,1H3,(H2,12,13,14,16). The van der Waals surface area contributed by atoms with E-state index in [9.17, 15) is 4.79 Å². The van der Waals surface area contributed by atoms with E-state index in [0.29, 0.717) is 15.4 Å². The zero-order valence-electron chi connectivity index (χ0n) is 9.16. The SMILES string of the molecule is CN1CCCC(Nc2nc[nH]c(=O)c2I)C1. The molecule has 0 amide bonds. The molecule has 0 radical (unpaired) electrons. The second-order valence-corrected chi connectivity index (χ2v) is 5.22. The van der Waals surface area contributed by atoms with E-state index < -0.39 is 0 Å². The second kappa shape index (κ2) is 5.13. The smallest absolute Gasteiger partial charge is 0.266 e. The summed E-state index contributed by atoms with van der Waals surface area (Å²) in [6, 6.07) is 0.390. The highest BCUT2D eigenvalue weighted by Crippen LogP contribution is 2.15. The van der Waals surface area contributed by atoms with Gasteiger partial charge in [-0.1, -0.05) is 0 Å². The van der Waals surface area contributed by atoms with Gasteiger partial charge >= 0.3 is 0 Å². The topological polar surface area (TPSA) is 61.0 Å². The molecule has 16 heavy (non-hydrogen) atoms. The normalized spacial score (nSPS) is 22.0. The number of nitrogens with one attached hydrogen (secondary N) is 2. The molecule has 0 aromatic carbocycles. The van der Waals surface area contributed by atoms with Crippen LogP contribution < -0.4 is 10.9 Å². The molecule has 1 aromatic rings. The number of hydrogen-bond donors (Lipinski definition) is 2. The Morgan fingerprint density at radius 3 is 3.25 bits per heavy atom. The zero-order valence-corrected chi connectivity index (χ0v) is 11.3. The van der Waals surface area contributed by atoms with Crippen LogP contribution in [0.25, 0.3) is 0 Å². The first kappa shape index (κ1) is 11.8. The summed E-state index contributed by atoms with van der Waals surface area (Å²) in [5, 5.41) is 3.34. The zero-order chi connectivity index (χ0) is 11.5. The van der Waals surface area contributed by atoms with Crippen LogP contribution in [0, 0.1) is 3.57 Å². The van der Waals surface area contributed by atoms with Gasteiger partial charge in [0.25, 0.3) is 5.56 Å². The molecule has 2 N–H and O–H groups in total. The predicted octanol–water partition coefficient (Wildman–Crippen LogP) is 0.881. The fourth-order valence-corrected chi connectivity index (χ4v) is 2.41. The van der Waals surface area contributed by atoms with E-state index in [-0.39, 0.29) is 5.56 Å². The highest BCUT2D eigenvalue weighted by Gasteiger charge is 2.18. The minimum Gasteiger partial charge on any atom is -0.365 e. The van der Waals surface area contributed by atoms with Gasteiger partial charge in [0.2, 0.25) is 0 Å². The summed E-state index contributed by atoms with van der Waals surface area (Å²) in [5.41, 5.74) is -0.0812. The molecule has 1 aliphatic rings. The molecule has 1 saturated heterocycles. The summed E-state index contributed by atoms with van der Waals surface area (Å²) in [6.07, 6.45) is 3.77. The fraction of sp³-hybridized carbons (Fsp3) is 0.600. The van der Waals surface area contributed by atoms with Crippen LogP contribution in [0.4, 0.5) is 5.82 Å². The predicted molar refractivity (Wildman–Crippen MR) is 71.7 cm³/mol. The average molecular weight is 334 g/mol. The van der Waals surface area contributed by atoms with Crippen molar-refractivity contribution in [1.82, 2.24) is 14.9 Å². The third kappa shape index (κ3) is 2.73. The summed E-state index contributed by atoms with van der Waals surface area (Å²) in [5.74, 6) is 0.699. The quantitative estimate of drug-likeness (QED) is 0.789. The van der Waals surface area contributed by atoms with Crippen LogP contribution >= 0.6 is 22.6 Å². The maximum Gasteiger partial charge on any atom is 0.266 e. The van der Waals surface area contributed by atoms with Gasteiger partial charge < -0.3 is 15.2 Å². The number of nitrogens with zero attached hydrogens (tertiary/aromatic N) is 2. The molecule has 1 aliphatic heterocycles. The summed E-state index contributed by atoms with van der Waals surface area (Å²) in [7, 11) is 2.12. The van der Waals surface area contributed by atoms with E-state index in [1.54, 1.807) is 0 Å². The number of piperidine rings is 1. The van der Waals surface area contributed by atoms with Crippen LogP contribution in [-0.2, 0) is 0 Å². The molecule has 2 rings (SSSR count). The van der Waals surface area contributed by atoms with E-state index >= 15 is 0 Å².